The van der Waals surface area contributed by atoms with E-state index in [9.17, 15) is 4.79 Å². The molecule has 1 amide bonds. The lowest BCUT2D eigenvalue weighted by Gasteiger charge is -2.18. The number of carbonyl (C=O) groups excluding carboxylic acids is 1. The summed E-state index contributed by atoms with van der Waals surface area (Å²) < 4.78 is 21.9. The monoisotopic (exact) mass is 421 g/mol. The zero-order valence-electron chi connectivity index (χ0n) is 15.6. The van der Waals surface area contributed by atoms with Gasteiger partial charge in [0.05, 0.1) is 11.2 Å². The Balaban J connectivity index is 1.38. The molecule has 2 aliphatic rings. The van der Waals surface area contributed by atoms with Gasteiger partial charge in [0, 0.05) is 28.6 Å². The van der Waals surface area contributed by atoms with Crippen molar-refractivity contribution in [2.45, 2.75) is 0 Å². The number of benzene rings is 2. The molecule has 4 heterocycles. The molecule has 0 aliphatic carbocycles. The van der Waals surface area contributed by atoms with Gasteiger partial charge in [-0.05, 0) is 24.3 Å². The molecule has 0 spiro atoms. The van der Waals surface area contributed by atoms with E-state index in [1.807, 2.05) is 18.2 Å². The van der Waals surface area contributed by atoms with Gasteiger partial charge in [0.2, 0.25) is 6.79 Å². The maximum absolute atomic E-state index is 12.9. The lowest BCUT2D eigenvalue weighted by Crippen LogP contribution is -2.15. The number of rotatable bonds is 2. The minimum atomic E-state index is -0.301. The van der Waals surface area contributed by atoms with Crippen LogP contribution in [0.5, 0.6) is 23.0 Å². The number of ether oxygens (including phenoxy) is 4. The average molecular weight is 421 g/mol. The van der Waals surface area contributed by atoms with Crippen molar-refractivity contribution in [1.82, 2.24) is 4.98 Å². The Morgan fingerprint density at radius 1 is 0.967 bits per heavy atom. The highest BCUT2D eigenvalue weighted by molar-refractivity contribution is 7.21. The molecule has 2 aromatic carbocycles. The Morgan fingerprint density at radius 2 is 1.73 bits per heavy atom. The van der Waals surface area contributed by atoms with Crippen molar-refractivity contribution in [3.8, 4) is 23.0 Å². The molecule has 4 aromatic rings. The van der Waals surface area contributed by atoms with Crippen molar-refractivity contribution < 1.29 is 23.7 Å². The minimum Gasteiger partial charge on any atom is -0.486 e. The maximum atomic E-state index is 12.9. The molecule has 150 valence electrons. The van der Waals surface area contributed by atoms with E-state index in [0.717, 1.165) is 16.3 Å². The fourth-order valence-corrected chi connectivity index (χ4v) is 4.55. The van der Waals surface area contributed by atoms with Gasteiger partial charge in [-0.25, -0.2) is 4.98 Å². The summed E-state index contributed by atoms with van der Waals surface area (Å²) in [4.78, 5) is 18.7. The first-order chi connectivity index (χ1) is 14.7. The first-order valence-corrected chi connectivity index (χ1v) is 10.1. The number of nitrogens with one attached hydrogen (secondary N) is 1. The molecule has 30 heavy (non-hydrogen) atoms. The van der Waals surface area contributed by atoms with Crippen LogP contribution >= 0.6 is 11.3 Å². The second-order valence-electron chi connectivity index (χ2n) is 6.90. The number of nitrogen functional groups attached to an aromatic ring is 1. The van der Waals surface area contributed by atoms with Crippen molar-refractivity contribution in [1.29, 1.82) is 0 Å². The largest absolute Gasteiger partial charge is 0.486 e. The van der Waals surface area contributed by atoms with Crippen LogP contribution in [0.1, 0.15) is 9.67 Å². The quantitative estimate of drug-likeness (QED) is 0.507. The number of pyridine rings is 1. The lowest BCUT2D eigenvalue weighted by molar-refractivity contribution is 0.103. The second kappa shape index (κ2) is 6.39. The van der Waals surface area contributed by atoms with Crippen LogP contribution in [0.15, 0.2) is 36.4 Å². The standard InChI is InChI=1S/C21H15N3O5S/c22-18-12-5-10-6-15-17(27-4-3-26-15)8-13(10)24-21(12)30-19(18)20(25)23-11-1-2-14-16(7-11)29-9-28-14/h1-2,5-8H,3-4,9,22H2,(H,23,25). The highest BCUT2D eigenvalue weighted by Crippen LogP contribution is 2.39. The topological polar surface area (TPSA) is 105 Å². The van der Waals surface area contributed by atoms with Gasteiger partial charge in [0.25, 0.3) is 5.91 Å². The molecule has 8 nitrogen and oxygen atoms in total. The van der Waals surface area contributed by atoms with E-state index in [2.05, 4.69) is 5.32 Å². The number of aromatic nitrogens is 1. The Kier molecular flexibility index (Phi) is 3.66. The van der Waals surface area contributed by atoms with E-state index in [0.29, 0.717) is 57.3 Å². The molecule has 0 saturated heterocycles. The zero-order valence-corrected chi connectivity index (χ0v) is 16.4. The van der Waals surface area contributed by atoms with Crippen LogP contribution in [0.3, 0.4) is 0 Å². The summed E-state index contributed by atoms with van der Waals surface area (Å²) in [5, 5.41) is 4.47. The van der Waals surface area contributed by atoms with Gasteiger partial charge < -0.3 is 30.0 Å². The normalized spacial score (nSPS) is 14.3. The molecule has 0 saturated carbocycles. The number of nitrogens with zero attached hydrogens (tertiary/aromatic N) is 1. The van der Waals surface area contributed by atoms with Crippen molar-refractivity contribution in [3.05, 3.63) is 41.3 Å². The van der Waals surface area contributed by atoms with E-state index < -0.39 is 0 Å². The predicted molar refractivity (Wildman–Crippen MR) is 113 cm³/mol. The zero-order chi connectivity index (χ0) is 20.2. The summed E-state index contributed by atoms with van der Waals surface area (Å²) in [5.74, 6) is 2.30. The molecule has 0 radical (unpaired) electrons. The molecule has 2 aliphatic heterocycles. The van der Waals surface area contributed by atoms with Crippen LogP contribution in [0.2, 0.25) is 0 Å². The van der Waals surface area contributed by atoms with E-state index in [1.54, 1.807) is 18.2 Å². The molecule has 0 atom stereocenters. The number of carbonyl (C=O) groups is 1. The molecular formula is C21H15N3O5S. The Hall–Kier alpha value is -3.72. The van der Waals surface area contributed by atoms with Gasteiger partial charge in [-0.15, -0.1) is 11.3 Å². The third kappa shape index (κ3) is 2.66. The molecule has 0 unspecified atom stereocenters. The van der Waals surface area contributed by atoms with Crippen LogP contribution in [0.25, 0.3) is 21.1 Å². The number of amides is 1. The Morgan fingerprint density at radius 3 is 2.60 bits per heavy atom. The SMILES string of the molecule is Nc1c(C(=O)Nc2ccc3c(c2)OCO3)sc2nc3cc4c(cc3cc12)OCCO4. The van der Waals surface area contributed by atoms with E-state index >= 15 is 0 Å². The number of thiophene rings is 1. The van der Waals surface area contributed by atoms with E-state index in [4.69, 9.17) is 29.7 Å². The number of nitrogens with two attached hydrogens (primary N) is 1. The van der Waals surface area contributed by atoms with Gasteiger partial charge in [0.15, 0.2) is 23.0 Å². The second-order valence-corrected chi connectivity index (χ2v) is 7.90. The van der Waals surface area contributed by atoms with Crippen LogP contribution in [0.4, 0.5) is 11.4 Å². The lowest BCUT2D eigenvalue weighted by atomic mass is 10.1. The average Bonchev–Trinajstić information content (AvgIpc) is 3.34. The first kappa shape index (κ1) is 17.2. The Labute approximate surface area is 174 Å². The van der Waals surface area contributed by atoms with Gasteiger partial charge in [-0.1, -0.05) is 0 Å². The van der Waals surface area contributed by atoms with Crippen LogP contribution in [-0.4, -0.2) is 30.9 Å². The van der Waals surface area contributed by atoms with Gasteiger partial charge >= 0.3 is 0 Å². The maximum Gasteiger partial charge on any atom is 0.267 e. The molecule has 6 rings (SSSR count). The smallest absolute Gasteiger partial charge is 0.267 e. The molecule has 0 bridgehead atoms. The van der Waals surface area contributed by atoms with Crippen LogP contribution < -0.4 is 30.0 Å². The van der Waals surface area contributed by atoms with Crippen LogP contribution in [-0.2, 0) is 0 Å². The number of hydrogen-bond acceptors (Lipinski definition) is 8. The van der Waals surface area contributed by atoms with Crippen molar-refractivity contribution in [3.63, 3.8) is 0 Å². The van der Waals surface area contributed by atoms with Crippen LogP contribution in [0, 0.1) is 0 Å². The highest BCUT2D eigenvalue weighted by Gasteiger charge is 2.21. The highest BCUT2D eigenvalue weighted by atomic mass is 32.1. The van der Waals surface area contributed by atoms with Gasteiger partial charge in [-0.2, -0.15) is 0 Å². The summed E-state index contributed by atoms with van der Waals surface area (Å²) in [7, 11) is 0. The predicted octanol–water partition coefficient (Wildman–Crippen LogP) is 3.78. The van der Waals surface area contributed by atoms with Crippen molar-refractivity contribution in [2.75, 3.05) is 31.1 Å². The van der Waals surface area contributed by atoms with Gasteiger partial charge in [-0.3, -0.25) is 4.79 Å². The van der Waals surface area contributed by atoms with Crippen molar-refractivity contribution in [2.24, 2.45) is 0 Å². The third-order valence-corrected chi connectivity index (χ3v) is 6.13. The fourth-order valence-electron chi connectivity index (χ4n) is 3.57. The number of anilines is 2. The third-order valence-electron chi connectivity index (χ3n) is 5.01. The number of hydrogen-bond donors (Lipinski definition) is 2. The molecule has 0 fully saturated rings. The summed E-state index contributed by atoms with van der Waals surface area (Å²) >= 11 is 1.25. The molecule has 3 N–H and O–H groups in total. The summed E-state index contributed by atoms with van der Waals surface area (Å²) in [5.41, 5.74) is 8.08. The minimum absolute atomic E-state index is 0.175. The van der Waals surface area contributed by atoms with E-state index in [-0.39, 0.29) is 12.7 Å². The van der Waals surface area contributed by atoms with Crippen molar-refractivity contribution >= 4 is 49.7 Å². The first-order valence-electron chi connectivity index (χ1n) is 9.29. The summed E-state index contributed by atoms with van der Waals surface area (Å²) in [6.07, 6.45) is 0. The molecule has 9 heteroatoms. The van der Waals surface area contributed by atoms with E-state index in [1.165, 1.54) is 11.3 Å². The molecule has 2 aromatic heterocycles. The fraction of sp³-hybridized carbons (Fsp3) is 0.143. The molecular weight excluding hydrogens is 406 g/mol. The van der Waals surface area contributed by atoms with Gasteiger partial charge in [0.1, 0.15) is 22.9 Å². The number of fused-ring (bicyclic) bond motifs is 4. The summed E-state index contributed by atoms with van der Waals surface area (Å²) in [6.45, 7) is 1.20. The Bertz CT molecular complexity index is 1350. The summed E-state index contributed by atoms with van der Waals surface area (Å²) in [6, 6.07) is 10.9.